The molecule has 132 valence electrons. The minimum absolute atomic E-state index is 0.00287. The first kappa shape index (κ1) is 19.5. The Kier molecular flexibility index (Phi) is 5.93. The van der Waals surface area contributed by atoms with Crippen LogP contribution in [-0.2, 0) is 5.41 Å². The van der Waals surface area contributed by atoms with Gasteiger partial charge in [-0.15, -0.1) is 0 Å². The highest BCUT2D eigenvalue weighted by Crippen LogP contribution is 2.36. The van der Waals surface area contributed by atoms with Crippen LogP contribution in [0.25, 0.3) is 0 Å². The lowest BCUT2D eigenvalue weighted by molar-refractivity contribution is 0.0691. The van der Waals surface area contributed by atoms with Crippen LogP contribution in [0.2, 0.25) is 15.2 Å². The van der Waals surface area contributed by atoms with Crippen molar-refractivity contribution in [2.75, 3.05) is 5.43 Å². The molecule has 2 aromatic rings. The Labute approximate surface area is 160 Å². The van der Waals surface area contributed by atoms with E-state index in [0.717, 1.165) is 5.56 Å². The smallest absolute Gasteiger partial charge is 0.356 e. The maximum atomic E-state index is 11.1. The Morgan fingerprint density at radius 1 is 1.16 bits per heavy atom. The Morgan fingerprint density at radius 2 is 1.76 bits per heavy atom. The number of rotatable bonds is 4. The van der Waals surface area contributed by atoms with E-state index in [1.807, 2.05) is 24.3 Å². The highest BCUT2D eigenvalue weighted by atomic mass is 35.5. The summed E-state index contributed by atoms with van der Waals surface area (Å²) in [4.78, 5) is 14.8. The number of carboxylic acid groups (broad SMARTS) is 1. The van der Waals surface area contributed by atoms with Crippen LogP contribution in [0.5, 0.6) is 0 Å². The van der Waals surface area contributed by atoms with Crippen molar-refractivity contribution in [2.24, 2.45) is 5.10 Å². The molecule has 0 spiro atoms. The molecule has 25 heavy (non-hydrogen) atoms. The third-order valence-corrected chi connectivity index (χ3v) is 4.51. The van der Waals surface area contributed by atoms with E-state index in [1.54, 1.807) is 6.21 Å². The van der Waals surface area contributed by atoms with Crippen LogP contribution in [0, 0.1) is 0 Å². The van der Waals surface area contributed by atoms with E-state index < -0.39 is 11.7 Å². The number of carboxylic acids is 1. The number of hydrogen-bond acceptors (Lipinski definition) is 4. The van der Waals surface area contributed by atoms with Crippen molar-refractivity contribution < 1.29 is 9.90 Å². The number of nitrogens with zero attached hydrogens (tertiary/aromatic N) is 2. The van der Waals surface area contributed by atoms with Crippen LogP contribution in [0.1, 0.15) is 42.4 Å². The molecular weight excluding hydrogens is 385 g/mol. The van der Waals surface area contributed by atoms with E-state index >= 15 is 0 Å². The predicted molar refractivity (Wildman–Crippen MR) is 103 cm³/mol. The van der Waals surface area contributed by atoms with Gasteiger partial charge in [-0.2, -0.15) is 5.10 Å². The fourth-order valence-corrected chi connectivity index (χ4v) is 2.66. The van der Waals surface area contributed by atoms with Crippen molar-refractivity contribution in [2.45, 2.75) is 26.2 Å². The summed E-state index contributed by atoms with van der Waals surface area (Å²) in [6.45, 7) is 6.40. The number of pyridine rings is 1. The van der Waals surface area contributed by atoms with Gasteiger partial charge >= 0.3 is 5.97 Å². The van der Waals surface area contributed by atoms with Crippen molar-refractivity contribution >= 4 is 52.7 Å². The van der Waals surface area contributed by atoms with Crippen molar-refractivity contribution in [3.05, 3.63) is 56.3 Å². The summed E-state index contributed by atoms with van der Waals surface area (Å²) in [5, 5.41) is 12.8. The molecule has 5 nitrogen and oxygen atoms in total. The first-order chi connectivity index (χ1) is 11.6. The lowest BCUT2D eigenvalue weighted by atomic mass is 9.87. The van der Waals surface area contributed by atoms with Gasteiger partial charge in [-0.3, -0.25) is 5.43 Å². The van der Waals surface area contributed by atoms with Crippen LogP contribution in [0.3, 0.4) is 0 Å². The SMILES string of the molecule is CC(C)(C)c1ccc(C=NNc2c(Cl)c(Cl)nc(C(=O)O)c2Cl)cc1. The lowest BCUT2D eigenvalue weighted by Crippen LogP contribution is -2.10. The number of aromatic nitrogens is 1. The molecule has 2 rings (SSSR count). The van der Waals surface area contributed by atoms with Gasteiger partial charge in [-0.25, -0.2) is 9.78 Å². The number of benzene rings is 1. The fourth-order valence-electron chi connectivity index (χ4n) is 1.99. The number of hydrogen-bond donors (Lipinski definition) is 2. The number of carbonyl (C=O) groups is 1. The second-order valence-corrected chi connectivity index (χ2v) is 7.42. The van der Waals surface area contributed by atoms with Gasteiger partial charge in [0.15, 0.2) is 10.8 Å². The largest absolute Gasteiger partial charge is 0.476 e. The molecule has 0 aliphatic rings. The molecule has 0 saturated heterocycles. The Hall–Kier alpha value is -1.82. The third kappa shape index (κ3) is 4.63. The molecule has 1 aromatic carbocycles. The molecule has 0 aliphatic heterocycles. The monoisotopic (exact) mass is 399 g/mol. The van der Waals surface area contributed by atoms with Crippen LogP contribution < -0.4 is 5.43 Å². The summed E-state index contributed by atoms with van der Waals surface area (Å²) in [5.74, 6) is -1.31. The van der Waals surface area contributed by atoms with Crippen LogP contribution in [0.4, 0.5) is 5.69 Å². The zero-order chi connectivity index (χ0) is 18.8. The summed E-state index contributed by atoms with van der Waals surface area (Å²) >= 11 is 17.9. The molecule has 0 radical (unpaired) electrons. The molecular formula is C17H16Cl3N3O2. The van der Waals surface area contributed by atoms with E-state index in [1.165, 1.54) is 5.56 Å². The second kappa shape index (κ2) is 7.60. The Morgan fingerprint density at radius 3 is 2.28 bits per heavy atom. The van der Waals surface area contributed by atoms with E-state index in [9.17, 15) is 4.79 Å². The fraction of sp³-hybridized carbons (Fsp3) is 0.235. The first-order valence-corrected chi connectivity index (χ1v) is 8.42. The van der Waals surface area contributed by atoms with Crippen molar-refractivity contribution in [3.63, 3.8) is 0 Å². The summed E-state index contributed by atoms with van der Waals surface area (Å²) in [6, 6.07) is 7.90. The van der Waals surface area contributed by atoms with Gasteiger partial charge in [-0.1, -0.05) is 79.8 Å². The zero-order valence-electron chi connectivity index (χ0n) is 13.8. The molecule has 0 unspecified atom stereocenters. The molecule has 0 fully saturated rings. The third-order valence-electron chi connectivity index (χ3n) is 3.41. The van der Waals surface area contributed by atoms with Crippen LogP contribution in [-0.4, -0.2) is 22.3 Å². The van der Waals surface area contributed by atoms with Gasteiger partial charge in [0.2, 0.25) is 0 Å². The van der Waals surface area contributed by atoms with E-state index in [0.29, 0.717) is 0 Å². The number of nitrogens with one attached hydrogen (secondary N) is 1. The van der Waals surface area contributed by atoms with Crippen molar-refractivity contribution in [1.82, 2.24) is 4.98 Å². The molecule has 1 heterocycles. The van der Waals surface area contributed by atoms with Gasteiger partial charge in [0, 0.05) is 0 Å². The molecule has 0 amide bonds. The number of hydrazone groups is 1. The Bertz CT molecular complexity index is 829. The second-order valence-electron chi connectivity index (χ2n) is 6.30. The minimum Gasteiger partial charge on any atom is -0.476 e. The normalized spacial score (nSPS) is 11.8. The Balaban J connectivity index is 2.24. The summed E-state index contributed by atoms with van der Waals surface area (Å²) in [6.07, 6.45) is 1.56. The van der Waals surface area contributed by atoms with Gasteiger partial charge in [0.05, 0.1) is 11.9 Å². The van der Waals surface area contributed by atoms with Gasteiger partial charge in [-0.05, 0) is 16.5 Å². The molecule has 8 heteroatoms. The van der Waals surface area contributed by atoms with Gasteiger partial charge < -0.3 is 5.11 Å². The van der Waals surface area contributed by atoms with Gasteiger partial charge in [0.1, 0.15) is 10.0 Å². The van der Waals surface area contributed by atoms with Crippen LogP contribution >= 0.6 is 34.8 Å². The minimum atomic E-state index is -1.31. The summed E-state index contributed by atoms with van der Waals surface area (Å²) < 4.78 is 0. The molecule has 2 N–H and O–H groups in total. The van der Waals surface area contributed by atoms with E-state index in [-0.39, 0.29) is 26.3 Å². The van der Waals surface area contributed by atoms with E-state index in [2.05, 4.69) is 36.3 Å². The summed E-state index contributed by atoms with van der Waals surface area (Å²) in [5.41, 5.74) is 4.44. The van der Waals surface area contributed by atoms with Crippen molar-refractivity contribution in [3.8, 4) is 0 Å². The van der Waals surface area contributed by atoms with Crippen molar-refractivity contribution in [1.29, 1.82) is 0 Å². The standard InChI is InChI=1S/C17H16Cl3N3O2/c1-17(2,3)10-6-4-9(5-7-10)8-21-23-13-11(18)14(16(24)25)22-15(20)12(13)19/h4-8H,1-3H3,(H,22,23)(H,24,25). The highest BCUT2D eigenvalue weighted by Gasteiger charge is 2.20. The number of halogens is 3. The average Bonchev–Trinajstić information content (AvgIpc) is 2.53. The number of aromatic carboxylic acids is 1. The zero-order valence-corrected chi connectivity index (χ0v) is 16.0. The molecule has 0 aliphatic carbocycles. The molecule has 0 atom stereocenters. The maximum absolute atomic E-state index is 11.1. The average molecular weight is 401 g/mol. The molecule has 0 saturated carbocycles. The van der Waals surface area contributed by atoms with Crippen LogP contribution in [0.15, 0.2) is 29.4 Å². The first-order valence-electron chi connectivity index (χ1n) is 7.28. The molecule has 0 bridgehead atoms. The molecule has 1 aromatic heterocycles. The topological polar surface area (TPSA) is 74.6 Å². The summed E-state index contributed by atoms with van der Waals surface area (Å²) in [7, 11) is 0. The predicted octanol–water partition coefficient (Wildman–Crippen LogP) is 5.48. The number of anilines is 1. The quantitative estimate of drug-likeness (QED) is 0.404. The maximum Gasteiger partial charge on any atom is 0.356 e. The van der Waals surface area contributed by atoms with Gasteiger partial charge in [0.25, 0.3) is 0 Å². The lowest BCUT2D eigenvalue weighted by Gasteiger charge is -2.18. The van der Waals surface area contributed by atoms with E-state index in [4.69, 9.17) is 39.9 Å². The highest BCUT2D eigenvalue weighted by molar-refractivity contribution is 6.46.